The summed E-state index contributed by atoms with van der Waals surface area (Å²) >= 11 is 1.91. The first-order chi connectivity index (χ1) is 5.11. The third-order valence-corrected chi connectivity index (χ3v) is 2.30. The minimum absolute atomic E-state index is 0.274. The molecule has 0 amide bonds. The van der Waals surface area contributed by atoms with Gasteiger partial charge in [0.1, 0.15) is 5.82 Å². The summed E-state index contributed by atoms with van der Waals surface area (Å²) in [7, 11) is 0. The van der Waals surface area contributed by atoms with E-state index in [1.54, 1.807) is 19.1 Å². The van der Waals surface area contributed by atoms with Gasteiger partial charge in [-0.25, -0.2) is 4.39 Å². The second-order valence-electron chi connectivity index (χ2n) is 2.35. The van der Waals surface area contributed by atoms with E-state index < -0.39 is 6.10 Å². The molecule has 0 saturated carbocycles. The molecule has 0 aliphatic heterocycles. The van der Waals surface area contributed by atoms with E-state index >= 15 is 0 Å². The van der Waals surface area contributed by atoms with Crippen LogP contribution < -0.4 is 0 Å². The fraction of sp³-hybridized carbons (Fsp3) is 0.250. The van der Waals surface area contributed by atoms with Crippen molar-refractivity contribution >= 4 is 22.6 Å². The highest BCUT2D eigenvalue weighted by molar-refractivity contribution is 14.1. The van der Waals surface area contributed by atoms with E-state index in [-0.39, 0.29) is 5.82 Å². The molecule has 1 aromatic rings. The van der Waals surface area contributed by atoms with Crippen molar-refractivity contribution in [1.82, 2.24) is 0 Å². The van der Waals surface area contributed by atoms with E-state index in [2.05, 4.69) is 0 Å². The molecule has 1 unspecified atom stereocenters. The van der Waals surface area contributed by atoms with E-state index in [0.717, 1.165) is 0 Å². The van der Waals surface area contributed by atoms with Crippen LogP contribution in [0.25, 0.3) is 0 Å². The van der Waals surface area contributed by atoms with Gasteiger partial charge in [-0.15, -0.1) is 0 Å². The van der Waals surface area contributed by atoms with Gasteiger partial charge in [0.2, 0.25) is 0 Å². The van der Waals surface area contributed by atoms with Gasteiger partial charge in [-0.1, -0.05) is 6.07 Å². The molecule has 0 spiro atoms. The lowest BCUT2D eigenvalue weighted by atomic mass is 10.1. The summed E-state index contributed by atoms with van der Waals surface area (Å²) in [6.07, 6.45) is -0.596. The van der Waals surface area contributed by atoms with Crippen molar-refractivity contribution in [1.29, 1.82) is 0 Å². The smallest absolute Gasteiger partial charge is 0.136 e. The molecule has 1 aromatic carbocycles. The Hall–Kier alpha value is -0.160. The molecule has 0 saturated heterocycles. The fourth-order valence-electron chi connectivity index (χ4n) is 0.772. The highest BCUT2D eigenvalue weighted by atomic mass is 127. The van der Waals surface area contributed by atoms with Gasteiger partial charge in [0.05, 0.1) is 6.10 Å². The molecule has 0 aromatic heterocycles. The Bertz CT molecular complexity index is 260. The Labute approximate surface area is 78.4 Å². The lowest BCUT2D eigenvalue weighted by Crippen LogP contribution is -1.92. The lowest BCUT2D eigenvalue weighted by Gasteiger charge is -2.04. The maximum absolute atomic E-state index is 12.8. The number of benzene rings is 1. The zero-order valence-electron chi connectivity index (χ0n) is 6.01. The highest BCUT2D eigenvalue weighted by Crippen LogP contribution is 2.17. The minimum Gasteiger partial charge on any atom is -0.389 e. The van der Waals surface area contributed by atoms with Crippen LogP contribution in [0.2, 0.25) is 0 Å². The summed E-state index contributed by atoms with van der Waals surface area (Å²) in [5.74, 6) is -0.274. The van der Waals surface area contributed by atoms with Gasteiger partial charge in [-0.05, 0) is 47.2 Å². The third kappa shape index (κ3) is 2.13. The zero-order valence-corrected chi connectivity index (χ0v) is 8.17. The number of hydrogen-bond donors (Lipinski definition) is 1. The Morgan fingerprint density at radius 3 is 2.64 bits per heavy atom. The van der Waals surface area contributed by atoms with Crippen LogP contribution in [0.3, 0.4) is 0 Å². The number of aliphatic hydroxyl groups is 1. The first kappa shape index (κ1) is 8.93. The monoisotopic (exact) mass is 266 g/mol. The number of halogens is 2. The van der Waals surface area contributed by atoms with Crippen LogP contribution in [0.5, 0.6) is 0 Å². The van der Waals surface area contributed by atoms with Gasteiger partial charge in [0.15, 0.2) is 0 Å². The molecule has 0 bridgehead atoms. The molecule has 0 aliphatic rings. The van der Waals surface area contributed by atoms with Gasteiger partial charge < -0.3 is 5.11 Å². The van der Waals surface area contributed by atoms with E-state index in [9.17, 15) is 4.39 Å². The summed E-state index contributed by atoms with van der Waals surface area (Å²) in [6, 6.07) is 4.72. The Morgan fingerprint density at radius 1 is 1.55 bits per heavy atom. The van der Waals surface area contributed by atoms with Crippen molar-refractivity contribution in [2.75, 3.05) is 0 Å². The number of aliphatic hydroxyl groups excluding tert-OH is 1. The van der Waals surface area contributed by atoms with Gasteiger partial charge in [-0.3, -0.25) is 0 Å². The second kappa shape index (κ2) is 3.49. The third-order valence-electron chi connectivity index (χ3n) is 1.43. The topological polar surface area (TPSA) is 20.2 Å². The SMILES string of the molecule is CC(O)c1ccc(I)c(F)c1. The van der Waals surface area contributed by atoms with Crippen LogP contribution in [0, 0.1) is 9.39 Å². The van der Waals surface area contributed by atoms with Crippen LogP contribution in [0.15, 0.2) is 18.2 Å². The minimum atomic E-state index is -0.596. The lowest BCUT2D eigenvalue weighted by molar-refractivity contribution is 0.199. The van der Waals surface area contributed by atoms with Crippen molar-refractivity contribution < 1.29 is 9.50 Å². The molecular formula is C8H8FIO. The Balaban J connectivity index is 3.05. The molecule has 0 radical (unpaired) electrons. The van der Waals surface area contributed by atoms with Crippen molar-refractivity contribution in [3.05, 3.63) is 33.1 Å². The molecule has 1 nitrogen and oxygen atoms in total. The highest BCUT2D eigenvalue weighted by Gasteiger charge is 2.03. The zero-order chi connectivity index (χ0) is 8.43. The normalized spacial score (nSPS) is 13.1. The maximum atomic E-state index is 12.8. The molecule has 3 heteroatoms. The van der Waals surface area contributed by atoms with Gasteiger partial charge >= 0.3 is 0 Å². The molecule has 0 aliphatic carbocycles. The van der Waals surface area contributed by atoms with Gasteiger partial charge in [0.25, 0.3) is 0 Å². The van der Waals surface area contributed by atoms with Crippen LogP contribution in [-0.2, 0) is 0 Å². The summed E-state index contributed by atoms with van der Waals surface area (Å²) in [5.41, 5.74) is 0.614. The summed E-state index contributed by atoms with van der Waals surface area (Å²) in [4.78, 5) is 0. The van der Waals surface area contributed by atoms with Gasteiger partial charge in [-0.2, -0.15) is 0 Å². The van der Waals surface area contributed by atoms with E-state index in [4.69, 9.17) is 5.11 Å². The molecule has 1 atom stereocenters. The van der Waals surface area contributed by atoms with E-state index in [1.165, 1.54) is 6.07 Å². The van der Waals surface area contributed by atoms with Crippen LogP contribution >= 0.6 is 22.6 Å². The first-order valence-electron chi connectivity index (χ1n) is 3.24. The van der Waals surface area contributed by atoms with Gasteiger partial charge in [0, 0.05) is 3.57 Å². The van der Waals surface area contributed by atoms with Crippen LogP contribution in [0.4, 0.5) is 4.39 Å². The van der Waals surface area contributed by atoms with Crippen LogP contribution in [-0.4, -0.2) is 5.11 Å². The quantitative estimate of drug-likeness (QED) is 0.774. The molecular weight excluding hydrogens is 258 g/mol. The predicted octanol–water partition coefficient (Wildman–Crippen LogP) is 2.48. The number of hydrogen-bond acceptors (Lipinski definition) is 1. The summed E-state index contributed by atoms with van der Waals surface area (Å²) in [6.45, 7) is 1.61. The Morgan fingerprint density at radius 2 is 2.18 bits per heavy atom. The molecule has 11 heavy (non-hydrogen) atoms. The standard InChI is InChI=1S/C8H8FIO/c1-5(11)6-2-3-8(10)7(9)4-6/h2-5,11H,1H3. The predicted molar refractivity (Wildman–Crippen MR) is 49.8 cm³/mol. The second-order valence-corrected chi connectivity index (χ2v) is 3.51. The average molecular weight is 266 g/mol. The van der Waals surface area contributed by atoms with Crippen molar-refractivity contribution in [2.45, 2.75) is 13.0 Å². The molecule has 1 N–H and O–H groups in total. The Kier molecular flexibility index (Phi) is 2.84. The van der Waals surface area contributed by atoms with E-state index in [1.807, 2.05) is 22.6 Å². The molecule has 1 rings (SSSR count). The summed E-state index contributed by atoms with van der Waals surface area (Å²) < 4.78 is 13.4. The van der Waals surface area contributed by atoms with E-state index in [0.29, 0.717) is 9.13 Å². The molecule has 60 valence electrons. The van der Waals surface area contributed by atoms with Crippen LogP contribution in [0.1, 0.15) is 18.6 Å². The average Bonchev–Trinajstić information content (AvgIpc) is 1.94. The first-order valence-corrected chi connectivity index (χ1v) is 4.32. The fourth-order valence-corrected chi connectivity index (χ4v) is 1.11. The molecule has 0 fully saturated rings. The maximum Gasteiger partial charge on any atom is 0.136 e. The summed E-state index contributed by atoms with van der Waals surface area (Å²) in [5, 5.41) is 9.07. The van der Waals surface area contributed by atoms with Crippen molar-refractivity contribution in [2.24, 2.45) is 0 Å². The number of rotatable bonds is 1. The molecule has 0 heterocycles. The van der Waals surface area contributed by atoms with Crippen molar-refractivity contribution in [3.8, 4) is 0 Å². The van der Waals surface area contributed by atoms with Crippen molar-refractivity contribution in [3.63, 3.8) is 0 Å². The largest absolute Gasteiger partial charge is 0.389 e.